The lowest BCUT2D eigenvalue weighted by Crippen LogP contribution is -2.04. The Morgan fingerprint density at radius 1 is 0.468 bits per heavy atom. The van der Waals surface area contributed by atoms with Crippen molar-refractivity contribution in [2.45, 2.75) is 6.54 Å². The Morgan fingerprint density at radius 2 is 1.06 bits per heavy atom. The molecule has 0 unspecified atom stereocenters. The lowest BCUT2D eigenvalue weighted by Gasteiger charge is -2.16. The Balaban J connectivity index is 1.25. The van der Waals surface area contributed by atoms with Gasteiger partial charge < -0.3 is 0 Å². The number of fused-ring (bicyclic) bond motifs is 8. The van der Waals surface area contributed by atoms with Gasteiger partial charge in [-0.1, -0.05) is 127 Å². The van der Waals surface area contributed by atoms with E-state index in [-0.39, 0.29) is 0 Å². The van der Waals surface area contributed by atoms with Gasteiger partial charge in [0.1, 0.15) is 0 Å². The molecule has 0 N–H and O–H groups in total. The fourth-order valence-electron chi connectivity index (χ4n) is 6.98. The molecule has 0 aliphatic carbocycles. The first kappa shape index (κ1) is 27.1. The number of rotatable bonds is 5. The molecule has 7 aromatic carbocycles. The van der Waals surface area contributed by atoms with Gasteiger partial charge in [-0.2, -0.15) is 0 Å². The topological polar surface area (TPSA) is 38.1 Å². The number of hydrogen-bond donors (Lipinski definition) is 0. The molecule has 0 aliphatic heterocycles. The number of hydrogen-bond acceptors (Lipinski definition) is 3. The second kappa shape index (κ2) is 11.3. The summed E-state index contributed by atoms with van der Waals surface area (Å²) in [6.45, 7) is 0.572. The molecule has 0 spiro atoms. The third kappa shape index (κ3) is 4.72. The van der Waals surface area contributed by atoms with E-state index in [2.05, 4.69) is 151 Å². The molecule has 0 saturated heterocycles. The number of benzene rings is 7. The van der Waals surface area contributed by atoms with Crippen LogP contribution in [0.2, 0.25) is 0 Å². The van der Waals surface area contributed by atoms with Crippen LogP contribution in [-0.2, 0) is 6.54 Å². The molecule has 0 fully saturated rings. The van der Waals surface area contributed by atoms with Gasteiger partial charge in [0.15, 0.2) is 0 Å². The average Bonchev–Trinajstić information content (AvgIpc) is 3.15. The van der Waals surface area contributed by atoms with Gasteiger partial charge in [-0.15, -0.1) is 0 Å². The van der Waals surface area contributed by atoms with Crippen molar-refractivity contribution < 1.29 is 0 Å². The molecule has 3 nitrogen and oxygen atoms in total. The second-order valence-electron chi connectivity index (χ2n) is 12.0. The molecule has 220 valence electrons. The SMILES string of the molecule is c1ccc(C(=NCc2cc3c4ccccc4c(-c4cnc5c(ccc6cccnc65)c4)cc3c3ccccc23)c2ccccc2)cc1. The second-order valence-corrected chi connectivity index (χ2v) is 12.0. The quantitative estimate of drug-likeness (QED) is 0.146. The van der Waals surface area contributed by atoms with Crippen LogP contribution in [0.25, 0.3) is 65.3 Å². The van der Waals surface area contributed by atoms with E-state index in [1.807, 2.05) is 18.5 Å². The highest BCUT2D eigenvalue weighted by Gasteiger charge is 2.15. The third-order valence-electron chi connectivity index (χ3n) is 9.20. The van der Waals surface area contributed by atoms with Crippen molar-refractivity contribution in [2.24, 2.45) is 4.99 Å². The highest BCUT2D eigenvalue weighted by Crippen LogP contribution is 2.40. The zero-order valence-corrected chi connectivity index (χ0v) is 25.6. The molecule has 0 bridgehead atoms. The normalized spacial score (nSPS) is 11.5. The minimum atomic E-state index is 0.572. The van der Waals surface area contributed by atoms with Crippen LogP contribution < -0.4 is 0 Å². The molecule has 3 heteroatoms. The van der Waals surface area contributed by atoms with Crippen LogP contribution in [0.4, 0.5) is 0 Å². The molecular weight excluding hydrogens is 571 g/mol. The van der Waals surface area contributed by atoms with Crippen LogP contribution in [0.1, 0.15) is 16.7 Å². The van der Waals surface area contributed by atoms with Crippen LogP contribution >= 0.6 is 0 Å². The smallest absolute Gasteiger partial charge is 0.0964 e. The van der Waals surface area contributed by atoms with Crippen LogP contribution in [0.5, 0.6) is 0 Å². The van der Waals surface area contributed by atoms with Crippen molar-refractivity contribution in [2.75, 3.05) is 0 Å². The maximum absolute atomic E-state index is 5.29. The van der Waals surface area contributed by atoms with Gasteiger partial charge in [0.05, 0.1) is 23.3 Å². The van der Waals surface area contributed by atoms with Gasteiger partial charge in [-0.05, 0) is 67.7 Å². The summed E-state index contributed by atoms with van der Waals surface area (Å²) >= 11 is 0. The highest BCUT2D eigenvalue weighted by molar-refractivity contribution is 6.22. The van der Waals surface area contributed by atoms with E-state index in [0.717, 1.165) is 44.2 Å². The molecule has 9 aromatic rings. The average molecular weight is 600 g/mol. The van der Waals surface area contributed by atoms with Gasteiger partial charge in [0.25, 0.3) is 0 Å². The molecule has 2 aromatic heterocycles. The van der Waals surface area contributed by atoms with E-state index in [1.165, 1.54) is 43.4 Å². The molecule has 0 saturated carbocycles. The van der Waals surface area contributed by atoms with E-state index in [0.29, 0.717) is 6.54 Å². The summed E-state index contributed by atoms with van der Waals surface area (Å²) in [4.78, 5) is 14.9. The first-order valence-electron chi connectivity index (χ1n) is 16.0. The first-order valence-corrected chi connectivity index (χ1v) is 16.0. The van der Waals surface area contributed by atoms with Gasteiger partial charge in [0, 0.05) is 39.9 Å². The molecule has 0 atom stereocenters. The zero-order chi connectivity index (χ0) is 31.2. The maximum Gasteiger partial charge on any atom is 0.0964 e. The first-order chi connectivity index (χ1) is 23.3. The Morgan fingerprint density at radius 3 is 1.81 bits per heavy atom. The summed E-state index contributed by atoms with van der Waals surface area (Å²) in [5, 5.41) is 9.53. The number of aromatic nitrogens is 2. The lowest BCUT2D eigenvalue weighted by molar-refractivity contribution is 1.08. The highest BCUT2D eigenvalue weighted by atomic mass is 14.7. The number of aliphatic imine (C=N–C) groups is 1. The van der Waals surface area contributed by atoms with Gasteiger partial charge >= 0.3 is 0 Å². The Hall–Kier alpha value is -6.19. The lowest BCUT2D eigenvalue weighted by atomic mass is 9.89. The number of nitrogens with zero attached hydrogens (tertiary/aromatic N) is 3. The van der Waals surface area contributed by atoms with Crippen molar-refractivity contribution in [3.63, 3.8) is 0 Å². The standard InChI is InChI=1S/C44H29N3/c1-3-12-29(13-4-1)42(30-14-5-2-6-15-30)46-28-34-25-40-38-20-10-9-19-37(38)39(26-41(40)36-18-8-7-17-35(34)36)33-24-32-22-21-31-16-11-23-45-43(31)44(32)47-27-33/h1-27H,28H2. The van der Waals surface area contributed by atoms with Crippen molar-refractivity contribution >= 4 is 59.8 Å². The summed E-state index contributed by atoms with van der Waals surface area (Å²) < 4.78 is 0. The third-order valence-corrected chi connectivity index (χ3v) is 9.20. The van der Waals surface area contributed by atoms with E-state index in [4.69, 9.17) is 9.98 Å². The maximum atomic E-state index is 5.29. The van der Waals surface area contributed by atoms with Crippen LogP contribution in [0.15, 0.2) is 169 Å². The molecule has 0 radical (unpaired) electrons. The van der Waals surface area contributed by atoms with E-state index in [1.54, 1.807) is 0 Å². The summed E-state index contributed by atoms with van der Waals surface area (Å²) in [5.74, 6) is 0. The predicted octanol–water partition coefficient (Wildman–Crippen LogP) is 10.9. The molecule has 0 aliphatic rings. The Kier molecular flexibility index (Phi) is 6.53. The fourth-order valence-corrected chi connectivity index (χ4v) is 6.98. The minimum absolute atomic E-state index is 0.572. The summed E-state index contributed by atoms with van der Waals surface area (Å²) in [6, 6.07) is 53.8. The summed E-state index contributed by atoms with van der Waals surface area (Å²) in [6.07, 6.45) is 3.84. The van der Waals surface area contributed by atoms with Crippen LogP contribution in [0, 0.1) is 0 Å². The summed E-state index contributed by atoms with van der Waals surface area (Å²) in [5.41, 5.74) is 8.58. The molecule has 2 heterocycles. The van der Waals surface area contributed by atoms with Gasteiger partial charge in [-0.3, -0.25) is 15.0 Å². The van der Waals surface area contributed by atoms with E-state index < -0.39 is 0 Å². The van der Waals surface area contributed by atoms with Crippen molar-refractivity contribution in [1.82, 2.24) is 9.97 Å². The van der Waals surface area contributed by atoms with Crippen LogP contribution in [-0.4, -0.2) is 15.7 Å². The van der Waals surface area contributed by atoms with Gasteiger partial charge in [0.2, 0.25) is 0 Å². The molecule has 0 amide bonds. The largest absolute Gasteiger partial charge is 0.279 e. The van der Waals surface area contributed by atoms with E-state index in [9.17, 15) is 0 Å². The predicted molar refractivity (Wildman–Crippen MR) is 197 cm³/mol. The monoisotopic (exact) mass is 599 g/mol. The van der Waals surface area contributed by atoms with Crippen molar-refractivity contribution in [3.8, 4) is 11.1 Å². The van der Waals surface area contributed by atoms with Gasteiger partial charge in [-0.25, -0.2) is 0 Å². The van der Waals surface area contributed by atoms with Crippen molar-refractivity contribution in [3.05, 3.63) is 181 Å². The fraction of sp³-hybridized carbons (Fsp3) is 0.0227. The van der Waals surface area contributed by atoms with Crippen LogP contribution in [0.3, 0.4) is 0 Å². The Labute approximate surface area is 272 Å². The zero-order valence-electron chi connectivity index (χ0n) is 25.6. The molecule has 47 heavy (non-hydrogen) atoms. The number of pyridine rings is 2. The molecule has 9 rings (SSSR count). The van der Waals surface area contributed by atoms with E-state index >= 15 is 0 Å². The summed E-state index contributed by atoms with van der Waals surface area (Å²) in [7, 11) is 0. The molecular formula is C44H29N3. The Bertz CT molecular complexity index is 2600. The minimum Gasteiger partial charge on any atom is -0.279 e. The van der Waals surface area contributed by atoms with Crippen molar-refractivity contribution in [1.29, 1.82) is 0 Å².